The van der Waals surface area contributed by atoms with E-state index in [1.54, 1.807) is 53.6 Å². The van der Waals surface area contributed by atoms with Crippen LogP contribution in [0.1, 0.15) is 43.1 Å². The van der Waals surface area contributed by atoms with Crippen LogP contribution in [0.15, 0.2) is 85.1 Å². The quantitative estimate of drug-likeness (QED) is 0.198. The molecule has 2 amide bonds. The maximum atomic E-state index is 14.8. The van der Waals surface area contributed by atoms with Crippen LogP contribution in [-0.4, -0.2) is 75.5 Å². The first-order chi connectivity index (χ1) is 25.6. The number of aromatic hydroxyl groups is 1. The number of halogens is 1. The van der Waals surface area contributed by atoms with Gasteiger partial charge < -0.3 is 19.5 Å². The summed E-state index contributed by atoms with van der Waals surface area (Å²) in [5.41, 5.74) is 7.63. The lowest BCUT2D eigenvalue weighted by Gasteiger charge is -2.43. The molecule has 5 heterocycles. The van der Waals surface area contributed by atoms with Gasteiger partial charge in [-0.15, -0.1) is 0 Å². The maximum Gasteiger partial charge on any atom is 0.264 e. The second kappa shape index (κ2) is 13.7. The Hall–Kier alpha value is -5.63. The molecule has 1 N–H and O–H groups in total. The normalized spacial score (nSPS) is 16.8. The number of amides is 2. The predicted octanol–water partition coefficient (Wildman–Crippen LogP) is 6.75. The van der Waals surface area contributed by atoms with Crippen molar-refractivity contribution in [1.82, 2.24) is 19.4 Å². The highest BCUT2D eigenvalue weighted by atomic mass is 35.5. The number of phenolic OH excluding ortho intramolecular Hbond substituents is 1. The number of aromatic nitrogens is 2. The zero-order valence-corrected chi connectivity index (χ0v) is 30.7. The average molecular weight is 726 g/mol. The van der Waals surface area contributed by atoms with Crippen LogP contribution >= 0.6 is 11.6 Å². The number of likely N-dealkylation sites (tertiary alicyclic amines) is 1. The highest BCUT2D eigenvalue weighted by Crippen LogP contribution is 2.37. The molecular formula is C42H40ClN7O3. The van der Waals surface area contributed by atoms with Crippen molar-refractivity contribution in [2.24, 2.45) is 13.0 Å². The number of benzene rings is 3. The smallest absolute Gasteiger partial charge is 0.264 e. The Morgan fingerprint density at radius 2 is 1.72 bits per heavy atom. The molecule has 2 aromatic heterocycles. The number of nitriles is 1. The van der Waals surface area contributed by atoms with Gasteiger partial charge in [-0.3, -0.25) is 19.4 Å². The first-order valence-corrected chi connectivity index (χ1v) is 18.3. The first-order valence-electron chi connectivity index (χ1n) is 17.9. The zero-order chi connectivity index (χ0) is 37.0. The molecule has 0 radical (unpaired) electrons. The highest BCUT2D eigenvalue weighted by molar-refractivity contribution is 6.31. The number of carbonyl (C=O) groups is 2. The Labute approximate surface area is 314 Å². The Balaban J connectivity index is 1.17. The molecule has 5 aromatic rings. The van der Waals surface area contributed by atoms with Crippen LogP contribution in [0.4, 0.5) is 17.2 Å². The molecule has 268 valence electrons. The van der Waals surface area contributed by atoms with Crippen LogP contribution in [0.25, 0.3) is 11.3 Å². The van der Waals surface area contributed by atoms with Gasteiger partial charge in [0.1, 0.15) is 11.6 Å². The Morgan fingerprint density at radius 1 is 0.962 bits per heavy atom. The van der Waals surface area contributed by atoms with Crippen LogP contribution in [0.3, 0.4) is 0 Å². The monoisotopic (exact) mass is 725 g/mol. The molecule has 3 aliphatic rings. The van der Waals surface area contributed by atoms with Crippen LogP contribution in [-0.2, 0) is 26.4 Å². The lowest BCUT2D eigenvalue weighted by Crippen LogP contribution is -2.55. The van der Waals surface area contributed by atoms with Gasteiger partial charge in [0, 0.05) is 86.1 Å². The molecule has 3 aromatic carbocycles. The van der Waals surface area contributed by atoms with E-state index in [9.17, 15) is 20.0 Å². The minimum absolute atomic E-state index is 0.0287. The topological polar surface area (TPSA) is 109 Å². The van der Waals surface area contributed by atoms with Gasteiger partial charge in [-0.05, 0) is 91.1 Å². The van der Waals surface area contributed by atoms with Gasteiger partial charge in [0.25, 0.3) is 11.8 Å². The molecule has 0 saturated carbocycles. The summed E-state index contributed by atoms with van der Waals surface area (Å²) in [4.78, 5) is 42.2. The fourth-order valence-corrected chi connectivity index (χ4v) is 8.14. The molecule has 0 bridgehead atoms. The van der Waals surface area contributed by atoms with Crippen LogP contribution < -0.4 is 9.80 Å². The van der Waals surface area contributed by atoms with Crippen molar-refractivity contribution in [3.8, 4) is 23.1 Å². The Bertz CT molecular complexity index is 2290. The lowest BCUT2D eigenvalue weighted by atomic mass is 9.91. The Morgan fingerprint density at radius 3 is 2.47 bits per heavy atom. The number of hydrogen-bond donors (Lipinski definition) is 1. The zero-order valence-electron chi connectivity index (χ0n) is 30.0. The van der Waals surface area contributed by atoms with Gasteiger partial charge in [-0.25, -0.2) is 4.98 Å². The van der Waals surface area contributed by atoms with E-state index in [0.29, 0.717) is 65.0 Å². The summed E-state index contributed by atoms with van der Waals surface area (Å²) in [6, 6.07) is 26.3. The van der Waals surface area contributed by atoms with Gasteiger partial charge in [-0.1, -0.05) is 35.9 Å². The molecular weight excluding hydrogens is 686 g/mol. The minimum atomic E-state index is -0.268. The Kier molecular flexibility index (Phi) is 8.93. The number of pyridine rings is 1. The van der Waals surface area contributed by atoms with E-state index in [4.69, 9.17) is 16.6 Å². The summed E-state index contributed by atoms with van der Waals surface area (Å²) in [7, 11) is 3.90. The van der Waals surface area contributed by atoms with Crippen molar-refractivity contribution in [3.63, 3.8) is 0 Å². The molecule has 1 atom stereocenters. The van der Waals surface area contributed by atoms with Crippen LogP contribution in [0, 0.1) is 24.2 Å². The molecule has 0 aliphatic carbocycles. The standard InChI is InChI=1S/C42H40ClN7O3/c1-26-37(42(53)50(32-9-11-35(51)12-10-32)33-17-29-14-15-46(2)40(29)45-21-33)19-39(47(26)3)38-18-31(43)8-13-36(38)41(52)49-24-30-7-5-4-6-28(30)16-34(49)25-48-22-27(20-44)23-48/h4-13,17-19,21,27,34,51H,14-16,22-25H2,1-3H3/t34-/m0/s1. The largest absolute Gasteiger partial charge is 0.508 e. The molecule has 11 heteroatoms. The van der Waals surface area contributed by atoms with E-state index < -0.39 is 0 Å². The van der Waals surface area contributed by atoms with Crippen molar-refractivity contribution in [1.29, 1.82) is 5.26 Å². The van der Waals surface area contributed by atoms with E-state index >= 15 is 0 Å². The summed E-state index contributed by atoms with van der Waals surface area (Å²) in [5, 5.41) is 19.9. The number of carbonyl (C=O) groups excluding carboxylic acids is 2. The van der Waals surface area contributed by atoms with Gasteiger partial charge in [0.2, 0.25) is 0 Å². The molecule has 10 nitrogen and oxygen atoms in total. The molecule has 3 aliphatic heterocycles. The van der Waals surface area contributed by atoms with Gasteiger partial charge in [0.15, 0.2) is 0 Å². The number of fused-ring (bicyclic) bond motifs is 2. The third kappa shape index (κ3) is 6.30. The second-order valence-electron chi connectivity index (χ2n) is 14.4. The van der Waals surface area contributed by atoms with E-state index in [1.807, 2.05) is 54.8 Å². The van der Waals surface area contributed by atoms with E-state index in [0.717, 1.165) is 42.0 Å². The number of phenols is 1. The van der Waals surface area contributed by atoms with Gasteiger partial charge >= 0.3 is 0 Å². The minimum Gasteiger partial charge on any atom is -0.508 e. The third-order valence-electron chi connectivity index (χ3n) is 11.1. The fourth-order valence-electron chi connectivity index (χ4n) is 7.97. The van der Waals surface area contributed by atoms with Crippen molar-refractivity contribution in [2.75, 3.05) is 43.0 Å². The molecule has 8 rings (SSSR count). The van der Waals surface area contributed by atoms with Crippen molar-refractivity contribution < 1.29 is 14.7 Å². The van der Waals surface area contributed by atoms with Gasteiger partial charge in [0.05, 0.1) is 29.4 Å². The lowest BCUT2D eigenvalue weighted by molar-refractivity contribution is 0.0468. The summed E-state index contributed by atoms with van der Waals surface area (Å²) in [5.74, 6) is 0.651. The first kappa shape index (κ1) is 34.5. The SMILES string of the molecule is Cc1c(C(=O)N(c2ccc(O)cc2)c2cnc3c(c2)CCN3C)cc(-c2cc(Cl)ccc2C(=O)N2Cc3ccccc3C[C@H]2CN2CC(C#N)C2)n1C. The molecule has 1 saturated heterocycles. The van der Waals surface area contributed by atoms with E-state index in [2.05, 4.69) is 28.0 Å². The maximum absolute atomic E-state index is 14.8. The summed E-state index contributed by atoms with van der Waals surface area (Å²) < 4.78 is 1.94. The summed E-state index contributed by atoms with van der Waals surface area (Å²) >= 11 is 6.64. The number of nitrogens with zero attached hydrogens (tertiary/aromatic N) is 7. The average Bonchev–Trinajstić information content (AvgIpc) is 3.67. The highest BCUT2D eigenvalue weighted by Gasteiger charge is 2.36. The number of hydrogen-bond acceptors (Lipinski definition) is 7. The number of likely N-dealkylation sites (N-methyl/N-ethyl adjacent to an activating group) is 1. The molecule has 1 fully saturated rings. The van der Waals surface area contributed by atoms with Gasteiger partial charge in [-0.2, -0.15) is 5.26 Å². The predicted molar refractivity (Wildman–Crippen MR) is 206 cm³/mol. The molecule has 53 heavy (non-hydrogen) atoms. The van der Waals surface area contributed by atoms with Crippen LogP contribution in [0.5, 0.6) is 5.75 Å². The number of rotatable bonds is 7. The summed E-state index contributed by atoms with van der Waals surface area (Å²) in [6.45, 7) is 5.33. The third-order valence-corrected chi connectivity index (χ3v) is 11.3. The van der Waals surface area contributed by atoms with E-state index in [1.165, 1.54) is 5.56 Å². The van der Waals surface area contributed by atoms with E-state index in [-0.39, 0.29) is 29.5 Å². The van der Waals surface area contributed by atoms with Crippen molar-refractivity contribution in [3.05, 3.63) is 124 Å². The number of anilines is 3. The second-order valence-corrected chi connectivity index (χ2v) is 14.8. The molecule has 0 unspecified atom stereocenters. The van der Waals surface area contributed by atoms with Crippen molar-refractivity contribution >= 4 is 40.6 Å². The summed E-state index contributed by atoms with van der Waals surface area (Å²) in [6.07, 6.45) is 3.26. The van der Waals surface area contributed by atoms with Crippen LogP contribution in [0.2, 0.25) is 5.02 Å². The molecule has 0 spiro atoms. The fraction of sp³-hybridized carbons (Fsp3) is 0.286. The van der Waals surface area contributed by atoms with Crippen molar-refractivity contribution in [2.45, 2.75) is 32.4 Å².